The predicted octanol–water partition coefficient (Wildman–Crippen LogP) is 4.75. The van der Waals surface area contributed by atoms with Gasteiger partial charge < -0.3 is 14.6 Å². The highest BCUT2D eigenvalue weighted by Gasteiger charge is 2.44. The maximum absolute atomic E-state index is 13.0. The summed E-state index contributed by atoms with van der Waals surface area (Å²) in [6.07, 6.45) is 0. The van der Waals surface area contributed by atoms with E-state index >= 15 is 0 Å². The number of hydrogen-bond donors (Lipinski definition) is 1. The molecule has 0 unspecified atom stereocenters. The van der Waals surface area contributed by atoms with Crippen LogP contribution in [0.1, 0.15) is 55.4 Å². The number of aromatic nitrogens is 1. The van der Waals surface area contributed by atoms with E-state index in [9.17, 15) is 18.0 Å². The van der Waals surface area contributed by atoms with Crippen molar-refractivity contribution in [1.82, 2.24) is 9.88 Å². The second-order valence-corrected chi connectivity index (χ2v) is 11.7. The Morgan fingerprint density at radius 1 is 1.15 bits per heavy atom. The van der Waals surface area contributed by atoms with E-state index in [0.717, 1.165) is 16.5 Å². The van der Waals surface area contributed by atoms with Gasteiger partial charge >= 0.3 is 5.97 Å². The summed E-state index contributed by atoms with van der Waals surface area (Å²) in [6, 6.07) is 11.3. The molecule has 1 heterocycles. The van der Waals surface area contributed by atoms with Gasteiger partial charge in [-0.05, 0) is 76.1 Å². The predicted molar refractivity (Wildman–Crippen MR) is 133 cm³/mol. The monoisotopic (exact) mass is 504 g/mol. The Kier molecular flexibility index (Phi) is 7.15. The average Bonchev–Trinajstić information content (AvgIpc) is 3.10. The number of nitrogens with one attached hydrogen (secondary N) is 1. The van der Waals surface area contributed by atoms with E-state index in [0.29, 0.717) is 16.3 Å². The van der Waals surface area contributed by atoms with Gasteiger partial charge in [-0.3, -0.25) is 9.59 Å². The number of esters is 1. The molecule has 0 saturated heterocycles. The van der Waals surface area contributed by atoms with Gasteiger partial charge in [0.15, 0.2) is 14.6 Å². The summed E-state index contributed by atoms with van der Waals surface area (Å²) >= 11 is 6.35. The zero-order valence-electron chi connectivity index (χ0n) is 20.1. The van der Waals surface area contributed by atoms with Crippen LogP contribution in [0.5, 0.6) is 0 Å². The molecule has 0 aliphatic rings. The number of benzene rings is 2. The van der Waals surface area contributed by atoms with Crippen molar-refractivity contribution in [3.05, 3.63) is 64.3 Å². The minimum atomic E-state index is -3.97. The van der Waals surface area contributed by atoms with Crippen LogP contribution in [0.2, 0.25) is 5.02 Å². The lowest BCUT2D eigenvalue weighted by atomic mass is 10.1. The van der Waals surface area contributed by atoms with Gasteiger partial charge in [0.25, 0.3) is 5.91 Å². The smallest absolute Gasteiger partial charge is 0.327 e. The highest BCUT2D eigenvalue weighted by atomic mass is 35.5. The standard InChI is InChI=1S/C25H29ClN2O5S/c1-7-33-24(30)25(4,5)34(31,32)18-10-8-17(9-11-18)16(3)27-23(29)22-14-19-20(26)12-15(2)13-21(19)28(22)6/h8-14,16H,7H2,1-6H3,(H,27,29)/t16-/m1/s1. The number of nitrogens with zero attached hydrogens (tertiary/aromatic N) is 1. The SMILES string of the molecule is CCOC(=O)C(C)(C)S(=O)(=O)c1ccc([C@@H](C)NC(=O)c2cc3c(Cl)cc(C)cc3n2C)cc1. The summed E-state index contributed by atoms with van der Waals surface area (Å²) in [5.41, 5.74) is 3.04. The lowest BCUT2D eigenvalue weighted by Gasteiger charge is -2.23. The Balaban J connectivity index is 1.82. The molecule has 2 aromatic carbocycles. The first kappa shape index (κ1) is 25.8. The minimum absolute atomic E-state index is 0.00604. The fourth-order valence-electron chi connectivity index (χ4n) is 3.74. The summed E-state index contributed by atoms with van der Waals surface area (Å²) in [5, 5.41) is 4.33. The van der Waals surface area contributed by atoms with Crippen molar-refractivity contribution in [2.75, 3.05) is 6.61 Å². The van der Waals surface area contributed by atoms with Gasteiger partial charge in [-0.25, -0.2) is 8.42 Å². The molecular weight excluding hydrogens is 476 g/mol. The fraction of sp³-hybridized carbons (Fsp3) is 0.360. The van der Waals surface area contributed by atoms with Crippen LogP contribution in [0.3, 0.4) is 0 Å². The van der Waals surface area contributed by atoms with Crippen molar-refractivity contribution < 1.29 is 22.7 Å². The van der Waals surface area contributed by atoms with Crippen molar-refractivity contribution in [2.45, 2.75) is 50.3 Å². The molecule has 0 aliphatic heterocycles. The minimum Gasteiger partial charge on any atom is -0.465 e. The molecule has 1 atom stereocenters. The summed E-state index contributed by atoms with van der Waals surface area (Å²) in [5.74, 6) is -1.08. The average molecular weight is 505 g/mol. The van der Waals surface area contributed by atoms with Crippen LogP contribution in [-0.4, -0.2) is 36.2 Å². The van der Waals surface area contributed by atoms with Crippen molar-refractivity contribution in [1.29, 1.82) is 0 Å². The molecule has 3 aromatic rings. The zero-order valence-corrected chi connectivity index (χ0v) is 21.7. The van der Waals surface area contributed by atoms with Crippen molar-refractivity contribution >= 4 is 44.2 Å². The Bertz CT molecular complexity index is 1360. The van der Waals surface area contributed by atoms with Crippen LogP contribution >= 0.6 is 11.6 Å². The summed E-state index contributed by atoms with van der Waals surface area (Å²) < 4.78 is 31.0. The number of carbonyl (C=O) groups is 2. The Labute approximate surface area is 205 Å². The van der Waals surface area contributed by atoms with Gasteiger partial charge in [-0.1, -0.05) is 23.7 Å². The number of carbonyl (C=O) groups excluding carboxylic acids is 2. The molecule has 1 amide bonds. The Morgan fingerprint density at radius 2 is 1.76 bits per heavy atom. The summed E-state index contributed by atoms with van der Waals surface area (Å²) in [4.78, 5) is 25.2. The molecule has 182 valence electrons. The van der Waals surface area contributed by atoms with Gasteiger partial charge in [0.05, 0.1) is 28.1 Å². The Morgan fingerprint density at radius 3 is 2.35 bits per heavy atom. The number of ether oxygens (including phenoxy) is 1. The van der Waals surface area contributed by atoms with E-state index in [4.69, 9.17) is 16.3 Å². The molecule has 9 heteroatoms. The third-order valence-corrected chi connectivity index (χ3v) is 8.68. The largest absolute Gasteiger partial charge is 0.465 e. The normalized spacial score (nSPS) is 13.0. The second kappa shape index (κ2) is 9.43. The quantitative estimate of drug-likeness (QED) is 0.469. The van der Waals surface area contributed by atoms with E-state index in [1.165, 1.54) is 26.0 Å². The molecule has 1 aromatic heterocycles. The first-order valence-electron chi connectivity index (χ1n) is 10.9. The van der Waals surface area contributed by atoms with Crippen LogP contribution in [0.15, 0.2) is 47.4 Å². The lowest BCUT2D eigenvalue weighted by Crippen LogP contribution is -2.42. The van der Waals surface area contributed by atoms with Crippen LogP contribution in [0.4, 0.5) is 0 Å². The van der Waals surface area contributed by atoms with E-state index in [1.54, 1.807) is 29.7 Å². The first-order chi connectivity index (χ1) is 15.8. The number of rotatable bonds is 7. The van der Waals surface area contributed by atoms with Crippen LogP contribution in [0.25, 0.3) is 10.9 Å². The number of halogens is 1. The Hall–Kier alpha value is -2.84. The van der Waals surface area contributed by atoms with E-state index in [-0.39, 0.29) is 17.4 Å². The number of fused-ring (bicyclic) bond motifs is 1. The molecule has 0 aliphatic carbocycles. The van der Waals surface area contributed by atoms with Gasteiger partial charge in [-0.15, -0.1) is 0 Å². The number of sulfone groups is 1. The highest BCUT2D eigenvalue weighted by Crippen LogP contribution is 2.30. The maximum atomic E-state index is 13.0. The number of amides is 1. The van der Waals surface area contributed by atoms with Crippen LogP contribution in [-0.2, 0) is 26.4 Å². The van der Waals surface area contributed by atoms with Crippen molar-refractivity contribution in [2.24, 2.45) is 7.05 Å². The molecule has 1 N–H and O–H groups in total. The van der Waals surface area contributed by atoms with Gasteiger partial charge in [0.1, 0.15) is 5.69 Å². The number of hydrogen-bond acceptors (Lipinski definition) is 5. The topological polar surface area (TPSA) is 94.5 Å². The zero-order chi connectivity index (χ0) is 25.4. The third-order valence-electron chi connectivity index (χ3n) is 5.97. The molecule has 0 fully saturated rings. The molecule has 0 spiro atoms. The highest BCUT2D eigenvalue weighted by molar-refractivity contribution is 7.93. The van der Waals surface area contributed by atoms with E-state index in [2.05, 4.69) is 5.32 Å². The van der Waals surface area contributed by atoms with E-state index < -0.39 is 26.6 Å². The summed E-state index contributed by atoms with van der Waals surface area (Å²) in [7, 11) is -2.17. The van der Waals surface area contributed by atoms with Gasteiger partial charge in [-0.2, -0.15) is 0 Å². The lowest BCUT2D eigenvalue weighted by molar-refractivity contribution is -0.145. The van der Waals surface area contributed by atoms with Crippen LogP contribution in [0, 0.1) is 6.92 Å². The van der Waals surface area contributed by atoms with Gasteiger partial charge in [0, 0.05) is 12.4 Å². The molecule has 0 radical (unpaired) electrons. The third kappa shape index (κ3) is 4.57. The maximum Gasteiger partial charge on any atom is 0.327 e. The summed E-state index contributed by atoms with van der Waals surface area (Å²) in [6.45, 7) is 8.13. The molecular formula is C25H29ClN2O5S. The molecule has 0 bridgehead atoms. The van der Waals surface area contributed by atoms with E-state index in [1.807, 2.05) is 33.0 Å². The van der Waals surface area contributed by atoms with Crippen LogP contribution < -0.4 is 5.32 Å². The van der Waals surface area contributed by atoms with Crippen molar-refractivity contribution in [3.63, 3.8) is 0 Å². The van der Waals surface area contributed by atoms with Crippen molar-refractivity contribution in [3.8, 4) is 0 Å². The fourth-order valence-corrected chi connectivity index (χ4v) is 5.42. The number of aryl methyl sites for hydroxylation is 2. The van der Waals surface area contributed by atoms with Gasteiger partial charge in [0.2, 0.25) is 0 Å². The molecule has 34 heavy (non-hydrogen) atoms. The molecule has 7 nitrogen and oxygen atoms in total. The second-order valence-electron chi connectivity index (χ2n) is 8.77. The molecule has 3 rings (SSSR count). The first-order valence-corrected chi connectivity index (χ1v) is 12.8. The molecule has 0 saturated carbocycles.